The van der Waals surface area contributed by atoms with Gasteiger partial charge in [0.25, 0.3) is 5.92 Å². The topological polar surface area (TPSA) is 48.5 Å². The Balaban J connectivity index is 1.88. The second-order valence-corrected chi connectivity index (χ2v) is 7.24. The molecular formula is C19H24F2N4O. The van der Waals surface area contributed by atoms with Crippen LogP contribution >= 0.6 is 0 Å². The summed E-state index contributed by atoms with van der Waals surface area (Å²) in [5, 5.41) is 3.60. The summed E-state index contributed by atoms with van der Waals surface area (Å²) in [6.07, 6.45) is 1.36. The predicted octanol–water partition coefficient (Wildman–Crippen LogP) is 2.44. The van der Waals surface area contributed by atoms with Crippen LogP contribution in [0.2, 0.25) is 0 Å². The number of hydrogen-bond acceptors (Lipinski definition) is 4. The third kappa shape index (κ3) is 4.09. The molecule has 1 fully saturated rings. The highest BCUT2D eigenvalue weighted by Gasteiger charge is 2.41. The van der Waals surface area contributed by atoms with E-state index in [1.807, 2.05) is 31.2 Å². The van der Waals surface area contributed by atoms with Crippen LogP contribution in [0.5, 0.6) is 0 Å². The SMILES string of the molecule is Cc1ccc(N2CC(NC(=O)CN(C)C)CC(F)(F)C2)c2cccnc12. The Kier molecular flexibility index (Phi) is 5.09. The highest BCUT2D eigenvalue weighted by atomic mass is 19.3. The van der Waals surface area contributed by atoms with Crippen LogP contribution in [0.4, 0.5) is 14.5 Å². The number of pyridine rings is 1. The monoisotopic (exact) mass is 362 g/mol. The molecule has 26 heavy (non-hydrogen) atoms. The Hall–Kier alpha value is -2.28. The molecule has 3 rings (SSSR count). The van der Waals surface area contributed by atoms with E-state index in [-0.39, 0.29) is 25.4 Å². The molecular weight excluding hydrogens is 338 g/mol. The van der Waals surface area contributed by atoms with Crippen molar-refractivity contribution in [2.45, 2.75) is 25.3 Å². The lowest BCUT2D eigenvalue weighted by Gasteiger charge is -2.39. The predicted molar refractivity (Wildman–Crippen MR) is 98.7 cm³/mol. The second kappa shape index (κ2) is 7.15. The molecule has 1 aromatic heterocycles. The van der Waals surface area contributed by atoms with Crippen molar-refractivity contribution in [3.8, 4) is 0 Å². The van der Waals surface area contributed by atoms with Gasteiger partial charge in [-0.1, -0.05) is 6.07 Å². The minimum Gasteiger partial charge on any atom is -0.363 e. The smallest absolute Gasteiger partial charge is 0.267 e. The van der Waals surface area contributed by atoms with Gasteiger partial charge in [0.05, 0.1) is 24.6 Å². The first-order chi connectivity index (χ1) is 12.2. The molecule has 1 aliphatic heterocycles. The standard InChI is InChI=1S/C19H24F2N4O/c1-13-6-7-16(15-5-4-8-22-18(13)15)25-10-14(9-19(20,21)12-25)23-17(26)11-24(2)3/h4-8,14H,9-12H2,1-3H3,(H,23,26). The van der Waals surface area contributed by atoms with Crippen molar-refractivity contribution in [2.75, 3.05) is 38.6 Å². The molecule has 0 bridgehead atoms. The van der Waals surface area contributed by atoms with E-state index in [0.29, 0.717) is 6.54 Å². The van der Waals surface area contributed by atoms with E-state index in [1.165, 1.54) is 0 Å². The fourth-order valence-electron chi connectivity index (χ4n) is 3.51. The van der Waals surface area contributed by atoms with E-state index in [1.54, 1.807) is 30.1 Å². The van der Waals surface area contributed by atoms with E-state index in [2.05, 4.69) is 10.3 Å². The summed E-state index contributed by atoms with van der Waals surface area (Å²) in [6, 6.07) is 6.87. The van der Waals surface area contributed by atoms with Gasteiger partial charge in [-0.2, -0.15) is 0 Å². The number of hydrogen-bond donors (Lipinski definition) is 1. The fraction of sp³-hybridized carbons (Fsp3) is 0.474. The van der Waals surface area contributed by atoms with Crippen molar-refractivity contribution in [3.63, 3.8) is 0 Å². The van der Waals surface area contributed by atoms with Crippen molar-refractivity contribution >= 4 is 22.5 Å². The molecule has 0 aliphatic carbocycles. The first-order valence-electron chi connectivity index (χ1n) is 8.66. The zero-order valence-corrected chi connectivity index (χ0v) is 15.3. The van der Waals surface area contributed by atoms with Gasteiger partial charge in [-0.05, 0) is 44.8 Å². The van der Waals surface area contributed by atoms with Gasteiger partial charge < -0.3 is 15.1 Å². The molecule has 1 atom stereocenters. The minimum atomic E-state index is -2.87. The Morgan fingerprint density at radius 3 is 2.88 bits per heavy atom. The highest BCUT2D eigenvalue weighted by molar-refractivity contribution is 5.93. The molecule has 5 nitrogen and oxygen atoms in total. The number of alkyl halides is 2. The van der Waals surface area contributed by atoms with Gasteiger partial charge in [-0.25, -0.2) is 8.78 Å². The Bertz CT molecular complexity index is 809. The van der Waals surface area contributed by atoms with Crippen LogP contribution in [0, 0.1) is 6.92 Å². The van der Waals surface area contributed by atoms with Gasteiger partial charge in [0.15, 0.2) is 0 Å². The lowest BCUT2D eigenvalue weighted by Crippen LogP contribution is -2.56. The Morgan fingerprint density at radius 1 is 1.38 bits per heavy atom. The number of nitrogens with one attached hydrogen (secondary N) is 1. The van der Waals surface area contributed by atoms with E-state index in [9.17, 15) is 13.6 Å². The number of carbonyl (C=O) groups excluding carboxylic acids is 1. The van der Waals surface area contributed by atoms with Crippen LogP contribution in [0.3, 0.4) is 0 Å². The summed E-state index contributed by atoms with van der Waals surface area (Å²) >= 11 is 0. The van der Waals surface area contributed by atoms with Crippen molar-refractivity contribution in [2.24, 2.45) is 0 Å². The molecule has 7 heteroatoms. The summed E-state index contributed by atoms with van der Waals surface area (Å²) in [5.74, 6) is -3.11. The number of rotatable bonds is 4. The quantitative estimate of drug-likeness (QED) is 0.908. The molecule has 0 spiro atoms. The zero-order valence-electron chi connectivity index (χ0n) is 15.3. The van der Waals surface area contributed by atoms with E-state index >= 15 is 0 Å². The number of fused-ring (bicyclic) bond motifs is 1. The average Bonchev–Trinajstić information content (AvgIpc) is 2.53. The van der Waals surface area contributed by atoms with Crippen LogP contribution < -0.4 is 10.2 Å². The van der Waals surface area contributed by atoms with Crippen molar-refractivity contribution in [3.05, 3.63) is 36.0 Å². The molecule has 1 N–H and O–H groups in total. The van der Waals surface area contributed by atoms with Gasteiger partial charge in [-0.3, -0.25) is 9.78 Å². The molecule has 2 aromatic rings. The van der Waals surface area contributed by atoms with Crippen LogP contribution in [-0.4, -0.2) is 61.5 Å². The third-order valence-electron chi connectivity index (χ3n) is 4.52. The van der Waals surface area contributed by atoms with Crippen molar-refractivity contribution in [1.82, 2.24) is 15.2 Å². The average molecular weight is 362 g/mol. The number of piperidine rings is 1. The summed E-state index contributed by atoms with van der Waals surface area (Å²) in [4.78, 5) is 19.8. The number of anilines is 1. The summed E-state index contributed by atoms with van der Waals surface area (Å²) in [7, 11) is 3.54. The van der Waals surface area contributed by atoms with Crippen LogP contribution in [0.1, 0.15) is 12.0 Å². The van der Waals surface area contributed by atoms with Gasteiger partial charge in [0, 0.05) is 30.2 Å². The number of halogens is 2. The fourth-order valence-corrected chi connectivity index (χ4v) is 3.51. The van der Waals surface area contributed by atoms with E-state index < -0.39 is 12.0 Å². The molecule has 0 radical (unpaired) electrons. The van der Waals surface area contributed by atoms with Gasteiger partial charge in [-0.15, -0.1) is 0 Å². The number of likely N-dealkylation sites (N-methyl/N-ethyl adjacent to an activating group) is 1. The summed E-state index contributed by atoms with van der Waals surface area (Å²) in [6.45, 7) is 2.12. The maximum atomic E-state index is 14.4. The number of carbonyl (C=O) groups is 1. The van der Waals surface area contributed by atoms with Gasteiger partial charge in [0.1, 0.15) is 0 Å². The zero-order chi connectivity index (χ0) is 18.9. The second-order valence-electron chi connectivity index (χ2n) is 7.24. The summed E-state index contributed by atoms with van der Waals surface area (Å²) in [5.41, 5.74) is 2.54. The lowest BCUT2D eigenvalue weighted by molar-refractivity contribution is -0.123. The normalized spacial score (nSPS) is 19.8. The van der Waals surface area contributed by atoms with Crippen molar-refractivity contribution in [1.29, 1.82) is 0 Å². The molecule has 2 heterocycles. The molecule has 1 amide bonds. The Morgan fingerprint density at radius 2 is 2.15 bits per heavy atom. The molecule has 1 aromatic carbocycles. The van der Waals surface area contributed by atoms with Crippen molar-refractivity contribution < 1.29 is 13.6 Å². The Labute approximate surface area is 152 Å². The third-order valence-corrected chi connectivity index (χ3v) is 4.52. The number of aromatic nitrogens is 1. The number of aryl methyl sites for hydroxylation is 1. The number of nitrogens with zero attached hydrogens (tertiary/aromatic N) is 3. The number of benzene rings is 1. The van der Waals surface area contributed by atoms with Crippen LogP contribution in [-0.2, 0) is 4.79 Å². The molecule has 1 aliphatic rings. The van der Waals surface area contributed by atoms with Crippen LogP contribution in [0.15, 0.2) is 30.5 Å². The van der Waals surface area contributed by atoms with Gasteiger partial charge >= 0.3 is 0 Å². The number of amides is 1. The minimum absolute atomic E-state index is 0.180. The van der Waals surface area contributed by atoms with Crippen LogP contribution in [0.25, 0.3) is 10.9 Å². The summed E-state index contributed by atoms with van der Waals surface area (Å²) < 4.78 is 28.7. The lowest BCUT2D eigenvalue weighted by atomic mass is 9.99. The molecule has 1 unspecified atom stereocenters. The highest BCUT2D eigenvalue weighted by Crippen LogP contribution is 2.34. The first kappa shape index (κ1) is 18.5. The maximum Gasteiger partial charge on any atom is 0.267 e. The molecule has 0 saturated carbocycles. The van der Waals surface area contributed by atoms with E-state index in [4.69, 9.17) is 0 Å². The molecule has 1 saturated heterocycles. The largest absolute Gasteiger partial charge is 0.363 e. The van der Waals surface area contributed by atoms with E-state index in [0.717, 1.165) is 22.2 Å². The maximum absolute atomic E-state index is 14.4. The molecule has 140 valence electrons. The van der Waals surface area contributed by atoms with Gasteiger partial charge in [0.2, 0.25) is 5.91 Å². The first-order valence-corrected chi connectivity index (χ1v) is 8.66.